The molecule has 98 valence electrons. The largest absolute Gasteiger partial charge is 0.334 e. The molecule has 0 amide bonds. The maximum atomic E-state index is 13.2. The first-order valence-corrected chi connectivity index (χ1v) is 5.75. The van der Waals surface area contributed by atoms with Gasteiger partial charge in [0.2, 0.25) is 5.82 Å². The molecular formula is C11H6Cl2FN3O2. The average Bonchev–Trinajstić information content (AvgIpc) is 2.26. The van der Waals surface area contributed by atoms with Crippen molar-refractivity contribution >= 4 is 40.4 Å². The summed E-state index contributed by atoms with van der Waals surface area (Å²) in [5.41, 5.74) is -0.0346. The Morgan fingerprint density at radius 3 is 2.63 bits per heavy atom. The van der Waals surface area contributed by atoms with Gasteiger partial charge in [0.15, 0.2) is 0 Å². The molecule has 0 aliphatic carbocycles. The lowest BCUT2D eigenvalue weighted by atomic mass is 10.3. The molecular weight excluding hydrogens is 296 g/mol. The molecule has 0 unspecified atom stereocenters. The van der Waals surface area contributed by atoms with E-state index in [2.05, 4.69) is 10.3 Å². The van der Waals surface area contributed by atoms with E-state index in [1.54, 1.807) is 0 Å². The number of aromatic nitrogens is 1. The highest BCUT2D eigenvalue weighted by Crippen LogP contribution is 2.28. The minimum absolute atomic E-state index is 0.0793. The summed E-state index contributed by atoms with van der Waals surface area (Å²) in [5, 5.41) is 13.7. The lowest BCUT2D eigenvalue weighted by Crippen LogP contribution is -2.00. The summed E-state index contributed by atoms with van der Waals surface area (Å²) in [6.07, 6.45) is 0. The number of pyridine rings is 1. The van der Waals surface area contributed by atoms with Gasteiger partial charge in [-0.25, -0.2) is 9.37 Å². The van der Waals surface area contributed by atoms with Crippen molar-refractivity contribution < 1.29 is 9.31 Å². The Labute approximate surface area is 117 Å². The van der Waals surface area contributed by atoms with E-state index in [0.717, 1.165) is 12.1 Å². The fourth-order valence-electron chi connectivity index (χ4n) is 1.43. The number of nitrogens with zero attached hydrogens (tertiary/aromatic N) is 2. The van der Waals surface area contributed by atoms with Crippen LogP contribution in [0.1, 0.15) is 0 Å². The van der Waals surface area contributed by atoms with Crippen LogP contribution < -0.4 is 5.32 Å². The lowest BCUT2D eigenvalue weighted by Gasteiger charge is -2.07. The molecule has 1 aromatic carbocycles. The van der Waals surface area contributed by atoms with Gasteiger partial charge < -0.3 is 5.32 Å². The maximum absolute atomic E-state index is 13.2. The van der Waals surface area contributed by atoms with Crippen molar-refractivity contribution in [1.82, 2.24) is 4.98 Å². The topological polar surface area (TPSA) is 68.1 Å². The predicted octanol–water partition coefficient (Wildman–Crippen LogP) is 4.18. The second-order valence-corrected chi connectivity index (χ2v) is 4.37. The van der Waals surface area contributed by atoms with Gasteiger partial charge >= 0.3 is 5.69 Å². The van der Waals surface area contributed by atoms with E-state index in [4.69, 9.17) is 23.2 Å². The zero-order valence-corrected chi connectivity index (χ0v) is 10.7. The van der Waals surface area contributed by atoms with Crippen molar-refractivity contribution in [1.29, 1.82) is 0 Å². The number of nitrogens with one attached hydrogen (secondary N) is 1. The zero-order valence-electron chi connectivity index (χ0n) is 9.23. The van der Waals surface area contributed by atoms with Gasteiger partial charge in [-0.15, -0.1) is 0 Å². The molecule has 0 fully saturated rings. The highest BCUT2D eigenvalue weighted by Gasteiger charge is 2.16. The third-order valence-electron chi connectivity index (χ3n) is 2.16. The Morgan fingerprint density at radius 2 is 2.00 bits per heavy atom. The first kappa shape index (κ1) is 13.5. The highest BCUT2D eigenvalue weighted by atomic mass is 35.5. The van der Waals surface area contributed by atoms with E-state index in [1.807, 2.05) is 0 Å². The number of benzene rings is 1. The van der Waals surface area contributed by atoms with Gasteiger partial charge in [-0.3, -0.25) is 10.1 Å². The summed E-state index contributed by atoms with van der Waals surface area (Å²) in [4.78, 5) is 14.0. The number of anilines is 2. The molecule has 0 spiro atoms. The summed E-state index contributed by atoms with van der Waals surface area (Å²) in [7, 11) is 0. The molecule has 19 heavy (non-hydrogen) atoms. The van der Waals surface area contributed by atoms with Gasteiger partial charge in [-0.1, -0.05) is 23.2 Å². The standard InChI is InChI=1S/C11H6Cl2FN3O2/c12-6-3-7(14)5-8(4-6)15-11-9(17(18)19)1-2-10(13)16-11/h1-5H,(H,15,16). The SMILES string of the molecule is O=[N+]([O-])c1ccc(Cl)nc1Nc1cc(F)cc(Cl)c1. The van der Waals surface area contributed by atoms with Crippen LogP contribution in [0.2, 0.25) is 10.2 Å². The van der Waals surface area contributed by atoms with Crippen LogP contribution in [0.5, 0.6) is 0 Å². The van der Waals surface area contributed by atoms with Crippen molar-refractivity contribution in [2.45, 2.75) is 0 Å². The van der Waals surface area contributed by atoms with Crippen LogP contribution in [0.25, 0.3) is 0 Å². The molecule has 0 aliphatic rings. The summed E-state index contributed by atoms with van der Waals surface area (Å²) >= 11 is 11.4. The minimum Gasteiger partial charge on any atom is -0.334 e. The number of hydrogen-bond acceptors (Lipinski definition) is 4. The quantitative estimate of drug-likeness (QED) is 0.524. The monoisotopic (exact) mass is 301 g/mol. The highest BCUT2D eigenvalue weighted by molar-refractivity contribution is 6.31. The minimum atomic E-state index is -0.618. The second-order valence-electron chi connectivity index (χ2n) is 3.54. The number of nitro groups is 1. The number of hydrogen-bond donors (Lipinski definition) is 1. The summed E-state index contributed by atoms with van der Waals surface area (Å²) in [5.74, 6) is -0.654. The van der Waals surface area contributed by atoms with Crippen molar-refractivity contribution in [2.24, 2.45) is 0 Å². The summed E-state index contributed by atoms with van der Waals surface area (Å²) < 4.78 is 13.2. The van der Waals surface area contributed by atoms with Crippen LogP contribution in [0.3, 0.4) is 0 Å². The molecule has 0 saturated heterocycles. The Morgan fingerprint density at radius 1 is 1.26 bits per heavy atom. The van der Waals surface area contributed by atoms with Crippen molar-refractivity contribution in [2.75, 3.05) is 5.32 Å². The van der Waals surface area contributed by atoms with Crippen LogP contribution in [0.4, 0.5) is 21.6 Å². The third-order valence-corrected chi connectivity index (χ3v) is 2.59. The summed E-state index contributed by atoms with van der Waals surface area (Å²) in [6, 6.07) is 6.17. The Kier molecular flexibility index (Phi) is 3.82. The van der Waals surface area contributed by atoms with E-state index in [1.165, 1.54) is 18.2 Å². The van der Waals surface area contributed by atoms with Gasteiger partial charge in [0.1, 0.15) is 11.0 Å². The Balaban J connectivity index is 2.42. The first-order chi connectivity index (χ1) is 8.95. The van der Waals surface area contributed by atoms with Gasteiger partial charge in [-0.05, 0) is 24.3 Å². The van der Waals surface area contributed by atoms with Crippen LogP contribution in [-0.2, 0) is 0 Å². The molecule has 1 N–H and O–H groups in total. The van der Waals surface area contributed by atoms with Gasteiger partial charge in [0.05, 0.1) is 4.92 Å². The fraction of sp³-hybridized carbons (Fsp3) is 0. The molecule has 2 rings (SSSR count). The van der Waals surface area contributed by atoms with E-state index in [9.17, 15) is 14.5 Å². The molecule has 1 aromatic heterocycles. The molecule has 8 heteroatoms. The van der Waals surface area contributed by atoms with E-state index >= 15 is 0 Å². The van der Waals surface area contributed by atoms with Gasteiger partial charge in [-0.2, -0.15) is 0 Å². The zero-order chi connectivity index (χ0) is 14.0. The van der Waals surface area contributed by atoms with Crippen LogP contribution in [-0.4, -0.2) is 9.91 Å². The van der Waals surface area contributed by atoms with E-state index < -0.39 is 10.7 Å². The molecule has 0 atom stereocenters. The predicted molar refractivity (Wildman–Crippen MR) is 70.6 cm³/mol. The molecule has 0 radical (unpaired) electrons. The molecule has 1 heterocycles. The van der Waals surface area contributed by atoms with E-state index in [0.29, 0.717) is 0 Å². The average molecular weight is 302 g/mol. The first-order valence-electron chi connectivity index (χ1n) is 5.00. The second kappa shape index (κ2) is 5.38. The van der Waals surface area contributed by atoms with Crippen molar-refractivity contribution in [3.8, 4) is 0 Å². The number of halogens is 3. The molecule has 0 aliphatic heterocycles. The smallest absolute Gasteiger partial charge is 0.311 e. The summed E-state index contributed by atoms with van der Waals surface area (Å²) in [6.45, 7) is 0. The molecule has 0 saturated carbocycles. The third kappa shape index (κ3) is 3.30. The lowest BCUT2D eigenvalue weighted by molar-refractivity contribution is -0.384. The maximum Gasteiger partial charge on any atom is 0.311 e. The Hall–Kier alpha value is -1.92. The molecule has 2 aromatic rings. The van der Waals surface area contributed by atoms with Gasteiger partial charge in [0, 0.05) is 16.8 Å². The Bertz CT molecular complexity index is 632. The van der Waals surface area contributed by atoms with Crippen molar-refractivity contribution in [3.05, 3.63) is 56.4 Å². The number of rotatable bonds is 3. The fourth-order valence-corrected chi connectivity index (χ4v) is 1.80. The van der Waals surface area contributed by atoms with Crippen LogP contribution in [0, 0.1) is 15.9 Å². The van der Waals surface area contributed by atoms with Crippen LogP contribution in [0.15, 0.2) is 30.3 Å². The van der Waals surface area contributed by atoms with Crippen molar-refractivity contribution in [3.63, 3.8) is 0 Å². The molecule has 0 bridgehead atoms. The van der Waals surface area contributed by atoms with Crippen LogP contribution >= 0.6 is 23.2 Å². The van der Waals surface area contributed by atoms with E-state index in [-0.39, 0.29) is 27.4 Å². The normalized spacial score (nSPS) is 10.3. The van der Waals surface area contributed by atoms with Gasteiger partial charge in [0.25, 0.3) is 0 Å². The molecule has 5 nitrogen and oxygen atoms in total.